The number of hydrogen-bond donors (Lipinski definition) is 3. The Hall–Kier alpha value is -2.93. The molecule has 0 aliphatic carbocycles. The number of carboxylic acids is 1. The molecule has 8 heteroatoms. The standard InChI is InChI=1S/C24H21Cl2N3O2S/c25-18-10-11-22(21(26)14-18)29-24(32)28-19-7-3-5-16(13-19)20(8-1-2-9-23(30)31)17-6-4-12-27-15-17/h3-8,10-15H,1-2,9H2,(H,30,31)(H2,28,29,32). The molecule has 0 saturated carbocycles. The van der Waals surface area contributed by atoms with E-state index in [1.165, 1.54) is 0 Å². The fourth-order valence-electron chi connectivity index (χ4n) is 3.06. The number of thiocarbonyl (C=S) groups is 1. The smallest absolute Gasteiger partial charge is 0.303 e. The number of carbonyl (C=O) groups is 1. The van der Waals surface area contributed by atoms with Gasteiger partial charge in [0, 0.05) is 35.1 Å². The highest BCUT2D eigenvalue weighted by atomic mass is 35.5. The quantitative estimate of drug-likeness (QED) is 0.238. The highest BCUT2D eigenvalue weighted by Gasteiger charge is 2.08. The molecule has 0 aliphatic rings. The first-order chi connectivity index (χ1) is 15.4. The molecule has 0 amide bonds. The lowest BCUT2D eigenvalue weighted by atomic mass is 9.97. The molecule has 3 rings (SSSR count). The summed E-state index contributed by atoms with van der Waals surface area (Å²) in [5.74, 6) is -0.797. The number of aromatic nitrogens is 1. The minimum absolute atomic E-state index is 0.131. The molecule has 3 aromatic rings. The predicted molar refractivity (Wildman–Crippen MR) is 136 cm³/mol. The van der Waals surface area contributed by atoms with E-state index in [9.17, 15) is 4.79 Å². The molecule has 0 spiro atoms. The van der Waals surface area contributed by atoms with Crippen LogP contribution >= 0.6 is 35.4 Å². The summed E-state index contributed by atoms with van der Waals surface area (Å²) in [6.07, 6.45) is 6.89. The van der Waals surface area contributed by atoms with Crippen molar-refractivity contribution < 1.29 is 9.90 Å². The Balaban J connectivity index is 1.78. The van der Waals surface area contributed by atoms with Crippen molar-refractivity contribution >= 4 is 63.4 Å². The van der Waals surface area contributed by atoms with E-state index >= 15 is 0 Å². The molecule has 1 heterocycles. The Kier molecular flexibility index (Phi) is 8.62. The lowest BCUT2D eigenvalue weighted by molar-refractivity contribution is -0.137. The van der Waals surface area contributed by atoms with Crippen LogP contribution in [0.1, 0.15) is 30.4 Å². The summed E-state index contributed by atoms with van der Waals surface area (Å²) in [5.41, 5.74) is 4.34. The molecule has 3 N–H and O–H groups in total. The number of halogens is 2. The Bertz CT molecular complexity index is 1140. The minimum Gasteiger partial charge on any atom is -0.481 e. The molecule has 0 atom stereocenters. The van der Waals surface area contributed by atoms with Crippen LogP contribution in [0.5, 0.6) is 0 Å². The third-order valence-electron chi connectivity index (χ3n) is 4.53. The Morgan fingerprint density at radius 2 is 1.88 bits per heavy atom. The van der Waals surface area contributed by atoms with Gasteiger partial charge in [0.15, 0.2) is 5.11 Å². The molecule has 2 aromatic carbocycles. The maximum absolute atomic E-state index is 10.8. The van der Waals surface area contributed by atoms with Crippen LogP contribution < -0.4 is 10.6 Å². The summed E-state index contributed by atoms with van der Waals surface area (Å²) in [6.45, 7) is 0. The summed E-state index contributed by atoms with van der Waals surface area (Å²) < 4.78 is 0. The summed E-state index contributed by atoms with van der Waals surface area (Å²) in [6, 6.07) is 16.8. The van der Waals surface area contributed by atoms with Crippen LogP contribution in [0.15, 0.2) is 73.1 Å². The zero-order valence-corrected chi connectivity index (χ0v) is 19.3. The van der Waals surface area contributed by atoms with Crippen LogP contribution in [-0.2, 0) is 4.79 Å². The summed E-state index contributed by atoms with van der Waals surface area (Å²) in [7, 11) is 0. The molecule has 0 radical (unpaired) electrons. The lowest BCUT2D eigenvalue weighted by Crippen LogP contribution is -2.19. The first-order valence-corrected chi connectivity index (χ1v) is 11.0. The Morgan fingerprint density at radius 1 is 1.06 bits per heavy atom. The van der Waals surface area contributed by atoms with Gasteiger partial charge >= 0.3 is 5.97 Å². The summed E-state index contributed by atoms with van der Waals surface area (Å²) >= 11 is 17.6. The van der Waals surface area contributed by atoms with E-state index in [0.717, 1.165) is 22.4 Å². The largest absolute Gasteiger partial charge is 0.481 e. The highest BCUT2D eigenvalue weighted by molar-refractivity contribution is 7.80. The van der Waals surface area contributed by atoms with Crippen molar-refractivity contribution in [1.29, 1.82) is 0 Å². The average molecular weight is 486 g/mol. The fourth-order valence-corrected chi connectivity index (χ4v) is 3.75. The van der Waals surface area contributed by atoms with Crippen LogP contribution in [-0.4, -0.2) is 21.2 Å². The van der Waals surface area contributed by atoms with E-state index < -0.39 is 5.97 Å². The maximum atomic E-state index is 10.8. The van der Waals surface area contributed by atoms with Gasteiger partial charge in [-0.25, -0.2) is 0 Å². The van der Waals surface area contributed by atoms with Gasteiger partial charge in [0.2, 0.25) is 0 Å². The Morgan fingerprint density at radius 3 is 2.59 bits per heavy atom. The van der Waals surface area contributed by atoms with Gasteiger partial charge in [-0.15, -0.1) is 0 Å². The molecule has 0 saturated heterocycles. The summed E-state index contributed by atoms with van der Waals surface area (Å²) in [4.78, 5) is 15.0. The van der Waals surface area contributed by atoms with Crippen LogP contribution in [0.2, 0.25) is 10.0 Å². The number of hydrogen-bond acceptors (Lipinski definition) is 3. The van der Waals surface area contributed by atoms with Crippen molar-refractivity contribution in [2.75, 3.05) is 10.6 Å². The van der Waals surface area contributed by atoms with Gasteiger partial charge in [-0.1, -0.05) is 47.5 Å². The van der Waals surface area contributed by atoms with Gasteiger partial charge in [-0.3, -0.25) is 9.78 Å². The van der Waals surface area contributed by atoms with Crippen molar-refractivity contribution in [3.8, 4) is 0 Å². The van der Waals surface area contributed by atoms with Crippen molar-refractivity contribution in [1.82, 2.24) is 4.98 Å². The minimum atomic E-state index is -0.797. The molecule has 0 aliphatic heterocycles. The van der Waals surface area contributed by atoms with Crippen molar-refractivity contribution in [2.24, 2.45) is 0 Å². The Labute approximate surface area is 202 Å². The van der Waals surface area contributed by atoms with Crippen molar-refractivity contribution in [3.63, 3.8) is 0 Å². The molecule has 0 bridgehead atoms. The third-order valence-corrected chi connectivity index (χ3v) is 5.28. The van der Waals surface area contributed by atoms with Gasteiger partial charge in [0.1, 0.15) is 0 Å². The first kappa shape index (κ1) is 23.7. The van der Waals surface area contributed by atoms with Crippen LogP contribution in [0.3, 0.4) is 0 Å². The van der Waals surface area contributed by atoms with Gasteiger partial charge in [0.05, 0.1) is 10.7 Å². The number of aliphatic carboxylic acids is 1. The topological polar surface area (TPSA) is 74.2 Å². The number of anilines is 2. The molecular weight excluding hydrogens is 465 g/mol. The monoisotopic (exact) mass is 485 g/mol. The normalized spacial score (nSPS) is 11.1. The van der Waals surface area contributed by atoms with Crippen molar-refractivity contribution in [3.05, 3.63) is 94.2 Å². The number of rotatable bonds is 8. The predicted octanol–water partition coefficient (Wildman–Crippen LogP) is 6.88. The zero-order chi connectivity index (χ0) is 22.9. The zero-order valence-electron chi connectivity index (χ0n) is 17.0. The van der Waals surface area contributed by atoms with Crippen LogP contribution in [0.25, 0.3) is 5.57 Å². The molecule has 1 aromatic heterocycles. The molecule has 5 nitrogen and oxygen atoms in total. The van der Waals surface area contributed by atoms with E-state index in [1.807, 2.05) is 42.5 Å². The first-order valence-electron chi connectivity index (χ1n) is 9.88. The van der Waals surface area contributed by atoms with Gasteiger partial charge in [0.25, 0.3) is 0 Å². The number of carboxylic acid groups (broad SMARTS) is 1. The highest BCUT2D eigenvalue weighted by Crippen LogP contribution is 2.27. The number of unbranched alkanes of at least 4 members (excludes halogenated alkanes) is 1. The molecule has 32 heavy (non-hydrogen) atoms. The lowest BCUT2D eigenvalue weighted by Gasteiger charge is -2.14. The number of benzene rings is 2. The van der Waals surface area contributed by atoms with Gasteiger partial charge < -0.3 is 15.7 Å². The number of pyridine rings is 1. The van der Waals surface area contributed by atoms with E-state index in [0.29, 0.717) is 33.7 Å². The van der Waals surface area contributed by atoms with Gasteiger partial charge in [-0.2, -0.15) is 0 Å². The van der Waals surface area contributed by atoms with Gasteiger partial charge in [-0.05, 0) is 72.6 Å². The van der Waals surface area contributed by atoms with Crippen molar-refractivity contribution in [2.45, 2.75) is 19.3 Å². The summed E-state index contributed by atoms with van der Waals surface area (Å²) in [5, 5.41) is 16.5. The average Bonchev–Trinajstić information content (AvgIpc) is 2.76. The molecular formula is C24H21Cl2N3O2S. The van der Waals surface area contributed by atoms with Crippen LogP contribution in [0.4, 0.5) is 11.4 Å². The van der Waals surface area contributed by atoms with E-state index in [2.05, 4.69) is 15.6 Å². The third kappa shape index (κ3) is 7.05. The number of allylic oxidation sites excluding steroid dienone is 1. The van der Waals surface area contributed by atoms with E-state index in [1.54, 1.807) is 30.6 Å². The number of nitrogens with zero attached hydrogens (tertiary/aromatic N) is 1. The molecule has 0 unspecified atom stereocenters. The number of nitrogens with one attached hydrogen (secondary N) is 2. The van der Waals surface area contributed by atoms with Crippen LogP contribution in [0, 0.1) is 0 Å². The molecule has 0 fully saturated rings. The van der Waals surface area contributed by atoms with E-state index in [4.69, 9.17) is 40.5 Å². The second kappa shape index (κ2) is 11.6. The second-order valence-electron chi connectivity index (χ2n) is 6.93. The molecule has 164 valence electrons. The maximum Gasteiger partial charge on any atom is 0.303 e. The van der Waals surface area contributed by atoms with E-state index in [-0.39, 0.29) is 6.42 Å². The fraction of sp³-hybridized carbons (Fsp3) is 0.125. The second-order valence-corrected chi connectivity index (χ2v) is 8.18. The SMILES string of the molecule is O=C(O)CCCC=C(c1cccnc1)c1cccc(NC(=S)Nc2ccc(Cl)cc2Cl)c1.